The minimum atomic E-state index is -0.256. The van der Waals surface area contributed by atoms with Crippen molar-refractivity contribution in [1.82, 2.24) is 4.90 Å². The fraction of sp³-hybridized carbons (Fsp3) is 0.300. The summed E-state index contributed by atoms with van der Waals surface area (Å²) in [5.74, 6) is -0.0905. The average molecular weight is 391 g/mol. The van der Waals surface area contributed by atoms with Crippen LogP contribution in [0.15, 0.2) is 53.4 Å². The average Bonchev–Trinajstić information content (AvgIpc) is 2.65. The minimum Gasteiger partial charge on any atom is -0.339 e. The van der Waals surface area contributed by atoms with Gasteiger partial charge >= 0.3 is 0 Å². The summed E-state index contributed by atoms with van der Waals surface area (Å²) in [6.07, 6.45) is 0. The first-order chi connectivity index (χ1) is 12.4. The highest BCUT2D eigenvalue weighted by Gasteiger charge is 2.16. The van der Waals surface area contributed by atoms with Crippen LogP contribution in [0.2, 0.25) is 5.02 Å². The van der Waals surface area contributed by atoms with Gasteiger partial charge in [-0.15, -0.1) is 11.8 Å². The van der Waals surface area contributed by atoms with E-state index in [1.807, 2.05) is 32.9 Å². The third-order valence-corrected chi connectivity index (χ3v) is 5.31. The molecule has 2 aromatic carbocycles. The van der Waals surface area contributed by atoms with Crippen LogP contribution in [0.5, 0.6) is 0 Å². The summed E-state index contributed by atoms with van der Waals surface area (Å²) in [6.45, 7) is 7.11. The van der Waals surface area contributed by atoms with Gasteiger partial charge in [-0.25, -0.2) is 0 Å². The normalized spacial score (nSPS) is 11.7. The summed E-state index contributed by atoms with van der Waals surface area (Å²) >= 11 is 7.34. The van der Waals surface area contributed by atoms with E-state index >= 15 is 0 Å². The Labute approximate surface area is 163 Å². The molecule has 0 aromatic heterocycles. The van der Waals surface area contributed by atoms with E-state index in [0.29, 0.717) is 29.4 Å². The lowest BCUT2D eigenvalue weighted by Gasteiger charge is -2.18. The van der Waals surface area contributed by atoms with Crippen molar-refractivity contribution < 1.29 is 9.59 Å². The summed E-state index contributed by atoms with van der Waals surface area (Å²) in [5.41, 5.74) is 1.30. The van der Waals surface area contributed by atoms with Gasteiger partial charge in [0.1, 0.15) is 0 Å². The fourth-order valence-corrected chi connectivity index (χ4v) is 3.40. The number of anilines is 1. The Kier molecular flexibility index (Phi) is 7.54. The van der Waals surface area contributed by atoms with Gasteiger partial charge in [0.2, 0.25) is 5.91 Å². The maximum Gasteiger partial charge on any atom is 0.253 e. The molecular weight excluding hydrogens is 368 g/mol. The predicted molar refractivity (Wildman–Crippen MR) is 109 cm³/mol. The van der Waals surface area contributed by atoms with E-state index in [2.05, 4.69) is 5.32 Å². The monoisotopic (exact) mass is 390 g/mol. The van der Waals surface area contributed by atoms with Gasteiger partial charge in [-0.1, -0.05) is 11.6 Å². The van der Waals surface area contributed by atoms with E-state index in [1.165, 1.54) is 11.8 Å². The van der Waals surface area contributed by atoms with E-state index < -0.39 is 0 Å². The summed E-state index contributed by atoms with van der Waals surface area (Å²) in [7, 11) is 0. The molecule has 26 heavy (non-hydrogen) atoms. The molecule has 0 aliphatic carbocycles. The van der Waals surface area contributed by atoms with Crippen LogP contribution in [0.4, 0.5) is 5.69 Å². The molecule has 0 spiro atoms. The van der Waals surface area contributed by atoms with Crippen molar-refractivity contribution in [2.24, 2.45) is 0 Å². The van der Waals surface area contributed by atoms with Gasteiger partial charge in [0, 0.05) is 34.3 Å². The van der Waals surface area contributed by atoms with Crippen molar-refractivity contribution in [2.45, 2.75) is 30.9 Å². The summed E-state index contributed by atoms with van der Waals surface area (Å²) in [6, 6.07) is 14.4. The SMILES string of the molecule is CCN(CC)C(=O)c1ccc(NC(=O)[C@@H](C)Sc2ccc(Cl)cc2)cc1. The van der Waals surface area contributed by atoms with E-state index in [4.69, 9.17) is 11.6 Å². The Morgan fingerprint density at radius 1 is 1.04 bits per heavy atom. The summed E-state index contributed by atoms with van der Waals surface area (Å²) in [5, 5.41) is 3.30. The molecule has 138 valence electrons. The van der Waals surface area contributed by atoms with Crippen LogP contribution in [0, 0.1) is 0 Å². The lowest BCUT2D eigenvalue weighted by atomic mass is 10.1. The Hall–Kier alpha value is -1.98. The maximum absolute atomic E-state index is 12.4. The van der Waals surface area contributed by atoms with E-state index in [-0.39, 0.29) is 17.1 Å². The van der Waals surface area contributed by atoms with Gasteiger partial charge < -0.3 is 10.2 Å². The van der Waals surface area contributed by atoms with Gasteiger partial charge in [-0.2, -0.15) is 0 Å². The topological polar surface area (TPSA) is 49.4 Å². The number of amides is 2. The van der Waals surface area contributed by atoms with Crippen LogP contribution >= 0.6 is 23.4 Å². The van der Waals surface area contributed by atoms with Crippen molar-refractivity contribution in [3.63, 3.8) is 0 Å². The molecule has 0 saturated carbocycles. The largest absolute Gasteiger partial charge is 0.339 e. The number of nitrogens with zero attached hydrogens (tertiary/aromatic N) is 1. The zero-order chi connectivity index (χ0) is 19.1. The Morgan fingerprint density at radius 2 is 1.62 bits per heavy atom. The number of carbonyl (C=O) groups excluding carboxylic acids is 2. The number of thioether (sulfide) groups is 1. The van der Waals surface area contributed by atoms with Crippen LogP contribution in [-0.4, -0.2) is 35.1 Å². The molecule has 0 saturated heterocycles. The second-order valence-electron chi connectivity index (χ2n) is 5.76. The zero-order valence-corrected chi connectivity index (χ0v) is 16.7. The molecule has 2 aromatic rings. The first kappa shape index (κ1) is 20.3. The number of nitrogens with one attached hydrogen (secondary N) is 1. The quantitative estimate of drug-likeness (QED) is 0.681. The molecule has 0 unspecified atom stereocenters. The number of rotatable bonds is 7. The van der Waals surface area contributed by atoms with Gasteiger partial charge in [0.05, 0.1) is 5.25 Å². The van der Waals surface area contributed by atoms with Gasteiger partial charge in [0.25, 0.3) is 5.91 Å². The first-order valence-electron chi connectivity index (χ1n) is 8.57. The molecule has 1 atom stereocenters. The molecule has 0 aliphatic heterocycles. The van der Waals surface area contributed by atoms with Crippen LogP contribution in [-0.2, 0) is 4.79 Å². The van der Waals surface area contributed by atoms with Crippen LogP contribution in [0.25, 0.3) is 0 Å². The molecule has 2 amide bonds. The van der Waals surface area contributed by atoms with Gasteiger partial charge in [0.15, 0.2) is 0 Å². The summed E-state index contributed by atoms with van der Waals surface area (Å²) < 4.78 is 0. The molecule has 1 N–H and O–H groups in total. The minimum absolute atomic E-state index is 0.000427. The van der Waals surface area contributed by atoms with Crippen molar-refractivity contribution in [2.75, 3.05) is 18.4 Å². The third kappa shape index (κ3) is 5.51. The first-order valence-corrected chi connectivity index (χ1v) is 9.82. The molecular formula is C20H23ClN2O2S. The molecule has 2 rings (SSSR count). The number of benzene rings is 2. The fourth-order valence-electron chi connectivity index (χ4n) is 2.40. The van der Waals surface area contributed by atoms with Crippen LogP contribution < -0.4 is 5.32 Å². The number of carbonyl (C=O) groups is 2. The zero-order valence-electron chi connectivity index (χ0n) is 15.2. The summed E-state index contributed by atoms with van der Waals surface area (Å²) in [4.78, 5) is 27.4. The third-order valence-electron chi connectivity index (χ3n) is 3.95. The number of halogens is 1. The second kappa shape index (κ2) is 9.64. The molecule has 0 bridgehead atoms. The van der Waals surface area contributed by atoms with Gasteiger partial charge in [-0.05, 0) is 69.3 Å². The van der Waals surface area contributed by atoms with E-state index in [0.717, 1.165) is 4.90 Å². The van der Waals surface area contributed by atoms with Crippen LogP contribution in [0.1, 0.15) is 31.1 Å². The van der Waals surface area contributed by atoms with Crippen molar-refractivity contribution in [3.8, 4) is 0 Å². The highest BCUT2D eigenvalue weighted by molar-refractivity contribution is 8.00. The molecule has 4 nitrogen and oxygen atoms in total. The highest BCUT2D eigenvalue weighted by atomic mass is 35.5. The standard InChI is InChI=1S/C20H23ClN2O2S/c1-4-23(5-2)20(25)15-6-10-17(11-7-15)22-19(24)14(3)26-18-12-8-16(21)9-13-18/h6-14H,4-5H2,1-3H3,(H,22,24)/t14-/m1/s1. The lowest BCUT2D eigenvalue weighted by molar-refractivity contribution is -0.115. The molecule has 0 fully saturated rings. The lowest BCUT2D eigenvalue weighted by Crippen LogP contribution is -2.30. The Balaban J connectivity index is 1.96. The van der Waals surface area contributed by atoms with E-state index in [9.17, 15) is 9.59 Å². The molecule has 6 heteroatoms. The molecule has 0 heterocycles. The Bertz CT molecular complexity index is 743. The molecule has 0 radical (unpaired) electrons. The number of hydrogen-bond acceptors (Lipinski definition) is 3. The van der Waals surface area contributed by atoms with Gasteiger partial charge in [-0.3, -0.25) is 9.59 Å². The van der Waals surface area contributed by atoms with E-state index in [1.54, 1.807) is 41.3 Å². The van der Waals surface area contributed by atoms with Crippen molar-refractivity contribution >= 4 is 40.9 Å². The molecule has 0 aliphatic rings. The van der Waals surface area contributed by atoms with Crippen molar-refractivity contribution in [1.29, 1.82) is 0 Å². The van der Waals surface area contributed by atoms with Crippen LogP contribution in [0.3, 0.4) is 0 Å². The predicted octanol–water partition coefficient (Wildman–Crippen LogP) is 4.94. The Morgan fingerprint density at radius 3 is 2.15 bits per heavy atom. The highest BCUT2D eigenvalue weighted by Crippen LogP contribution is 2.25. The maximum atomic E-state index is 12.4. The van der Waals surface area contributed by atoms with Crippen molar-refractivity contribution in [3.05, 3.63) is 59.1 Å². The smallest absolute Gasteiger partial charge is 0.253 e. The second-order valence-corrected chi connectivity index (χ2v) is 7.61. The number of hydrogen-bond donors (Lipinski definition) is 1.